The molecule has 6 aromatic rings. The van der Waals surface area contributed by atoms with Gasteiger partial charge in [0.25, 0.3) is 0 Å². The fraction of sp³-hybridized carbons (Fsp3) is 0. The fourth-order valence-corrected chi connectivity index (χ4v) is 11.0. The summed E-state index contributed by atoms with van der Waals surface area (Å²) in [4.78, 5) is 8.35. The lowest BCUT2D eigenvalue weighted by molar-refractivity contribution is 0.477. The summed E-state index contributed by atoms with van der Waals surface area (Å²) < 4.78 is 12.5. The smallest absolute Gasteiger partial charge is 0.196 e. The predicted octanol–water partition coefficient (Wildman–Crippen LogP) is 10.7. The van der Waals surface area contributed by atoms with Crippen LogP contribution < -0.4 is 29.9 Å². The summed E-state index contributed by atoms with van der Waals surface area (Å²) >= 11 is 0. The minimum absolute atomic E-state index is 0.287. The van der Waals surface area contributed by atoms with E-state index in [0.717, 1.165) is 67.7 Å². The third kappa shape index (κ3) is 4.64. The second kappa shape index (κ2) is 12.3. The van der Waals surface area contributed by atoms with Crippen LogP contribution >= 0.6 is 6.89 Å². The highest BCUT2D eigenvalue weighted by molar-refractivity contribution is 7.93. The number of allylic oxidation sites excluding steroid dienone is 3. The van der Waals surface area contributed by atoms with Crippen LogP contribution in [0.4, 0.5) is 34.1 Å². The molecule has 0 amide bonds. The molecule has 52 heavy (non-hydrogen) atoms. The van der Waals surface area contributed by atoms with E-state index < -0.39 is 6.89 Å². The Labute approximate surface area is 301 Å². The number of hydrogen-bond acceptors (Lipinski definition) is 6. The Hall–Kier alpha value is -7.23. The van der Waals surface area contributed by atoms with Gasteiger partial charge in [0.2, 0.25) is 0 Å². The molecule has 0 aliphatic carbocycles. The van der Waals surface area contributed by atoms with E-state index in [1.54, 1.807) is 12.2 Å². The minimum Gasteiger partial charge on any atom is -0.453 e. The summed E-state index contributed by atoms with van der Waals surface area (Å²) in [5.41, 5.74) is 6.11. The van der Waals surface area contributed by atoms with Gasteiger partial charge in [-0.2, -0.15) is 10.5 Å². The summed E-state index contributed by atoms with van der Waals surface area (Å²) in [6.07, 6.45) is 3.29. The zero-order valence-corrected chi connectivity index (χ0v) is 28.4. The van der Waals surface area contributed by atoms with Gasteiger partial charge in [-0.25, -0.2) is 4.85 Å². The van der Waals surface area contributed by atoms with E-state index in [1.165, 1.54) is 0 Å². The zero-order chi connectivity index (χ0) is 35.2. The highest BCUT2D eigenvalue weighted by atomic mass is 31.2. The van der Waals surface area contributed by atoms with E-state index in [-0.39, 0.29) is 5.57 Å². The molecule has 0 aromatic heterocycles. The molecule has 0 saturated carbocycles. The van der Waals surface area contributed by atoms with E-state index in [1.807, 2.05) is 146 Å². The van der Waals surface area contributed by atoms with Crippen molar-refractivity contribution in [3.05, 3.63) is 180 Å². The molecule has 8 heteroatoms. The monoisotopic (exact) mass is 687 g/mol. The van der Waals surface area contributed by atoms with Gasteiger partial charge in [0, 0.05) is 23.8 Å². The van der Waals surface area contributed by atoms with Crippen molar-refractivity contribution in [3.63, 3.8) is 0 Å². The van der Waals surface area contributed by atoms with Gasteiger partial charge in [-0.05, 0) is 95.6 Å². The number of anilines is 6. The molecule has 3 aliphatic heterocycles. The number of hydrogen-bond donors (Lipinski definition) is 0. The molecule has 9 rings (SSSR count). The number of ether oxygens (including phenoxy) is 2. The minimum atomic E-state index is -3.00. The Morgan fingerprint density at radius 2 is 0.885 bits per heavy atom. The van der Waals surface area contributed by atoms with Crippen molar-refractivity contribution in [2.24, 2.45) is 0 Å². The second-order valence-corrected chi connectivity index (χ2v) is 15.6. The lowest BCUT2D eigenvalue weighted by atomic mass is 10.1. The third-order valence-corrected chi connectivity index (χ3v) is 13.5. The number of fused-ring (bicyclic) bond motifs is 4. The Morgan fingerprint density at radius 1 is 0.500 bits per heavy atom. The van der Waals surface area contributed by atoms with E-state index >= 15 is 0 Å². The molecule has 3 aliphatic rings. The zero-order valence-electron chi connectivity index (χ0n) is 27.5. The standard InChI is InChI=1S/C44H26N5O2P/c1-47-44-27-30(28-45)26-35(29-46)52(44,33-22-18-31(19-23-33)48-36-10-2-6-14-40(36)50-41-15-7-3-11-37(41)48)34-24-20-32(21-25-34)49-38-12-4-8-16-42(38)51-43-17-9-5-13-39(43)49/h2-27H. The van der Waals surface area contributed by atoms with Crippen LogP contribution in [0.2, 0.25) is 0 Å². The molecular weight excluding hydrogens is 661 g/mol. The Bertz CT molecular complexity index is 2450. The summed E-state index contributed by atoms with van der Waals surface area (Å²) in [7, 11) is 0. The molecule has 0 N–H and O–H groups in total. The molecule has 0 bridgehead atoms. The van der Waals surface area contributed by atoms with Crippen LogP contribution in [0.15, 0.2) is 169 Å². The Morgan fingerprint density at radius 3 is 1.23 bits per heavy atom. The topological polar surface area (TPSA) is 76.9 Å². The highest BCUT2D eigenvalue weighted by Crippen LogP contribution is 2.58. The molecule has 0 spiro atoms. The maximum atomic E-state index is 10.7. The quantitative estimate of drug-likeness (QED) is 0.135. The van der Waals surface area contributed by atoms with Crippen molar-refractivity contribution in [1.82, 2.24) is 0 Å². The normalized spacial score (nSPS) is 14.7. The van der Waals surface area contributed by atoms with Gasteiger partial charge in [-0.1, -0.05) is 72.8 Å². The van der Waals surface area contributed by atoms with Crippen molar-refractivity contribution in [3.8, 4) is 35.1 Å². The third-order valence-electron chi connectivity index (χ3n) is 9.49. The number of rotatable bonds is 4. The van der Waals surface area contributed by atoms with Gasteiger partial charge in [-0.15, -0.1) is 0 Å². The van der Waals surface area contributed by atoms with Crippen LogP contribution in [-0.2, 0) is 0 Å². The molecule has 0 radical (unpaired) electrons. The predicted molar refractivity (Wildman–Crippen MR) is 208 cm³/mol. The molecule has 0 fully saturated rings. The van der Waals surface area contributed by atoms with Crippen molar-refractivity contribution in [2.45, 2.75) is 0 Å². The lowest BCUT2D eigenvalue weighted by Crippen LogP contribution is -2.24. The van der Waals surface area contributed by atoms with Gasteiger partial charge < -0.3 is 19.3 Å². The van der Waals surface area contributed by atoms with Gasteiger partial charge in [0.1, 0.15) is 0 Å². The van der Waals surface area contributed by atoms with E-state index in [0.29, 0.717) is 10.7 Å². The molecule has 6 aromatic carbocycles. The largest absolute Gasteiger partial charge is 0.453 e. The van der Waals surface area contributed by atoms with Crippen LogP contribution in [0.3, 0.4) is 0 Å². The number of benzene rings is 6. The van der Waals surface area contributed by atoms with E-state index in [4.69, 9.17) is 16.0 Å². The summed E-state index contributed by atoms with van der Waals surface area (Å²) in [5, 5.41) is 22.7. The average Bonchev–Trinajstić information content (AvgIpc) is 3.21. The lowest BCUT2D eigenvalue weighted by Gasteiger charge is -2.35. The van der Waals surface area contributed by atoms with Crippen LogP contribution in [0, 0.1) is 29.2 Å². The van der Waals surface area contributed by atoms with Gasteiger partial charge >= 0.3 is 0 Å². The average molecular weight is 688 g/mol. The van der Waals surface area contributed by atoms with Gasteiger partial charge in [0.05, 0.1) is 46.8 Å². The summed E-state index contributed by atoms with van der Waals surface area (Å²) in [5.74, 6) is 3.00. The summed E-state index contributed by atoms with van der Waals surface area (Å²) in [6, 6.07) is 52.5. The molecule has 0 atom stereocenters. The first-order valence-electron chi connectivity index (χ1n) is 16.6. The second-order valence-electron chi connectivity index (χ2n) is 12.3. The molecule has 0 saturated heterocycles. The first-order chi connectivity index (χ1) is 25.6. The number of nitriles is 2. The van der Waals surface area contributed by atoms with Crippen LogP contribution in [0.25, 0.3) is 4.85 Å². The van der Waals surface area contributed by atoms with Crippen molar-refractivity contribution >= 4 is 57.0 Å². The molecule has 0 unspecified atom stereocenters. The Balaban J connectivity index is 1.21. The van der Waals surface area contributed by atoms with Crippen LogP contribution in [-0.4, -0.2) is 5.42 Å². The van der Waals surface area contributed by atoms with Gasteiger partial charge in [-0.3, -0.25) is 0 Å². The molecular formula is C44H26N5O2P. The SMILES string of the molecule is [C-]#[N+]C1=P(c2ccc(N3c4ccccc4Oc4ccccc43)cc2)(c2ccc(N3c4ccccc4Oc4ccccc43)cc2)C(C#N)=CC(C#N)=C1. The van der Waals surface area contributed by atoms with E-state index in [9.17, 15) is 10.5 Å². The Kier molecular flexibility index (Phi) is 7.27. The maximum Gasteiger partial charge on any atom is 0.196 e. The van der Waals surface area contributed by atoms with Crippen molar-refractivity contribution in [2.75, 3.05) is 9.80 Å². The van der Waals surface area contributed by atoms with Crippen LogP contribution in [0.1, 0.15) is 0 Å². The van der Waals surface area contributed by atoms with Crippen molar-refractivity contribution < 1.29 is 9.47 Å². The fourth-order valence-electron chi connectivity index (χ4n) is 7.23. The first kappa shape index (κ1) is 30.8. The van der Waals surface area contributed by atoms with Crippen molar-refractivity contribution in [1.29, 1.82) is 10.5 Å². The van der Waals surface area contributed by atoms with Gasteiger partial charge in [0.15, 0.2) is 28.4 Å². The number of nitrogens with zero attached hydrogens (tertiary/aromatic N) is 5. The first-order valence-corrected chi connectivity index (χ1v) is 18.3. The van der Waals surface area contributed by atoms with Crippen LogP contribution in [0.5, 0.6) is 23.0 Å². The molecule has 7 nitrogen and oxygen atoms in total. The highest BCUT2D eigenvalue weighted by Gasteiger charge is 2.36. The van der Waals surface area contributed by atoms with E-state index in [2.05, 4.69) is 26.8 Å². The molecule has 3 heterocycles. The maximum absolute atomic E-state index is 10.7. The summed E-state index contributed by atoms with van der Waals surface area (Å²) in [6.45, 7) is 5.39. The molecule has 244 valence electrons. The number of para-hydroxylation sites is 8.